The fraction of sp³-hybridized carbons (Fsp3) is 0.278. The third-order valence-corrected chi connectivity index (χ3v) is 5.74. The van der Waals surface area contributed by atoms with E-state index in [2.05, 4.69) is 4.98 Å². The van der Waals surface area contributed by atoms with Gasteiger partial charge in [0.05, 0.1) is 5.39 Å². The fourth-order valence-electron chi connectivity index (χ4n) is 2.70. The lowest BCUT2D eigenvalue weighted by Gasteiger charge is -2.25. The van der Waals surface area contributed by atoms with Crippen molar-refractivity contribution in [2.45, 2.75) is 33.2 Å². The normalized spacial score (nSPS) is 11.9. The van der Waals surface area contributed by atoms with Crippen LogP contribution in [0, 0.1) is 13.8 Å². The van der Waals surface area contributed by atoms with Gasteiger partial charge in [0.15, 0.2) is 0 Å². The van der Waals surface area contributed by atoms with Gasteiger partial charge in [-0.05, 0) is 57.5 Å². The van der Waals surface area contributed by atoms with Crippen molar-refractivity contribution >= 4 is 39.1 Å². The fourth-order valence-corrected chi connectivity index (χ4v) is 3.85. The zero-order valence-electron chi connectivity index (χ0n) is 14.3. The van der Waals surface area contributed by atoms with Crippen LogP contribution in [-0.2, 0) is 10.3 Å². The summed E-state index contributed by atoms with van der Waals surface area (Å²) in [6, 6.07) is 6.85. The molecule has 0 atom stereocenters. The first-order valence-corrected chi connectivity index (χ1v) is 8.86. The zero-order chi connectivity index (χ0) is 18.5. The van der Waals surface area contributed by atoms with Gasteiger partial charge in [0.1, 0.15) is 16.2 Å². The van der Waals surface area contributed by atoms with Gasteiger partial charge in [0, 0.05) is 15.5 Å². The molecule has 25 heavy (non-hydrogen) atoms. The first kappa shape index (κ1) is 17.6. The largest absolute Gasteiger partial charge is 0.480 e. The Balaban J connectivity index is 2.48. The van der Waals surface area contributed by atoms with Gasteiger partial charge in [-0.15, -0.1) is 11.3 Å². The predicted molar refractivity (Wildman–Crippen MR) is 101 cm³/mol. The van der Waals surface area contributed by atoms with Gasteiger partial charge in [-0.2, -0.15) is 0 Å². The molecule has 2 heterocycles. The number of hydrogen-bond donors (Lipinski definition) is 1. The Morgan fingerprint density at radius 2 is 1.84 bits per heavy atom. The molecule has 5 nitrogen and oxygen atoms in total. The number of thiophene rings is 1. The Morgan fingerprint density at radius 3 is 2.40 bits per heavy atom. The molecule has 0 aliphatic carbocycles. The SMILES string of the molecule is Cc1sc2nc(-c3ccc(Cl)cc3)n(C(C)(C)C(=O)O)c(=O)c2c1C. The van der Waals surface area contributed by atoms with Crippen LogP contribution in [0.1, 0.15) is 24.3 Å². The van der Waals surface area contributed by atoms with Gasteiger partial charge < -0.3 is 5.11 Å². The third-order valence-electron chi connectivity index (χ3n) is 4.39. The number of aryl methyl sites for hydroxylation is 2. The van der Waals surface area contributed by atoms with Gasteiger partial charge in [0.25, 0.3) is 5.56 Å². The summed E-state index contributed by atoms with van der Waals surface area (Å²) in [5.74, 6) is -0.779. The zero-order valence-corrected chi connectivity index (χ0v) is 15.8. The van der Waals surface area contributed by atoms with E-state index in [1.165, 1.54) is 29.8 Å². The van der Waals surface area contributed by atoms with Crippen LogP contribution in [0.15, 0.2) is 29.1 Å². The van der Waals surface area contributed by atoms with Crippen LogP contribution in [0.5, 0.6) is 0 Å². The molecule has 0 fully saturated rings. The molecule has 0 amide bonds. The monoisotopic (exact) mass is 376 g/mol. The van der Waals surface area contributed by atoms with E-state index in [4.69, 9.17) is 11.6 Å². The van der Waals surface area contributed by atoms with Crippen LogP contribution in [0.25, 0.3) is 21.6 Å². The lowest BCUT2D eigenvalue weighted by molar-refractivity contribution is -0.145. The number of rotatable bonds is 3. The molecule has 1 N–H and O–H groups in total. The second-order valence-electron chi connectivity index (χ2n) is 6.41. The highest BCUT2D eigenvalue weighted by molar-refractivity contribution is 7.18. The summed E-state index contributed by atoms with van der Waals surface area (Å²) in [7, 11) is 0. The minimum absolute atomic E-state index is 0.322. The van der Waals surface area contributed by atoms with Crippen molar-refractivity contribution in [3.05, 3.63) is 50.1 Å². The number of nitrogens with zero attached hydrogens (tertiary/aromatic N) is 2. The van der Waals surface area contributed by atoms with E-state index in [1.54, 1.807) is 24.3 Å². The molecule has 7 heteroatoms. The maximum Gasteiger partial charge on any atom is 0.329 e. The summed E-state index contributed by atoms with van der Waals surface area (Å²) in [4.78, 5) is 31.3. The number of carbonyl (C=O) groups is 1. The molecule has 0 aliphatic heterocycles. The molecule has 1 aromatic carbocycles. The molecule has 0 bridgehead atoms. The maximum atomic E-state index is 13.2. The maximum absolute atomic E-state index is 13.2. The van der Waals surface area contributed by atoms with Crippen LogP contribution in [0.3, 0.4) is 0 Å². The Hall–Kier alpha value is -2.18. The molecular weight excluding hydrogens is 360 g/mol. The summed E-state index contributed by atoms with van der Waals surface area (Å²) >= 11 is 7.38. The van der Waals surface area contributed by atoms with E-state index >= 15 is 0 Å². The molecule has 3 aromatic rings. The Labute approximate surface area is 153 Å². The molecule has 0 saturated heterocycles. The molecule has 0 aliphatic rings. The van der Waals surface area contributed by atoms with Gasteiger partial charge >= 0.3 is 5.97 Å². The first-order valence-electron chi connectivity index (χ1n) is 7.67. The Bertz CT molecular complexity index is 1050. The minimum atomic E-state index is -1.45. The summed E-state index contributed by atoms with van der Waals surface area (Å²) in [6.45, 7) is 6.78. The Kier molecular flexibility index (Phi) is 4.21. The van der Waals surface area contributed by atoms with Crippen LogP contribution in [0.4, 0.5) is 0 Å². The molecule has 0 unspecified atom stereocenters. The molecule has 130 valence electrons. The number of carboxylic acids is 1. The number of fused-ring (bicyclic) bond motifs is 1. The minimum Gasteiger partial charge on any atom is -0.480 e. The number of aromatic nitrogens is 2. The van der Waals surface area contributed by atoms with Crippen LogP contribution < -0.4 is 5.56 Å². The van der Waals surface area contributed by atoms with Crippen LogP contribution in [0.2, 0.25) is 5.02 Å². The van der Waals surface area contributed by atoms with Crippen LogP contribution >= 0.6 is 22.9 Å². The van der Waals surface area contributed by atoms with Crippen molar-refractivity contribution < 1.29 is 9.90 Å². The van der Waals surface area contributed by atoms with Crippen molar-refractivity contribution in [1.82, 2.24) is 9.55 Å². The van der Waals surface area contributed by atoms with E-state index in [0.29, 0.717) is 26.6 Å². The highest BCUT2D eigenvalue weighted by Crippen LogP contribution is 2.31. The van der Waals surface area contributed by atoms with Gasteiger partial charge in [-0.3, -0.25) is 9.36 Å². The predicted octanol–water partition coefficient (Wildman–Crippen LogP) is 4.21. The number of halogens is 1. The number of carboxylic acid groups (broad SMARTS) is 1. The third kappa shape index (κ3) is 2.75. The molecule has 3 rings (SSSR count). The Morgan fingerprint density at radius 1 is 1.24 bits per heavy atom. The molecule has 0 saturated carbocycles. The number of benzene rings is 1. The average Bonchev–Trinajstić information content (AvgIpc) is 2.82. The summed E-state index contributed by atoms with van der Waals surface area (Å²) < 4.78 is 1.26. The second kappa shape index (κ2) is 5.97. The van der Waals surface area contributed by atoms with Crippen molar-refractivity contribution in [3.8, 4) is 11.4 Å². The first-order chi connectivity index (χ1) is 11.6. The van der Waals surface area contributed by atoms with Crippen molar-refractivity contribution in [3.63, 3.8) is 0 Å². The van der Waals surface area contributed by atoms with Crippen molar-refractivity contribution in [2.75, 3.05) is 0 Å². The highest BCUT2D eigenvalue weighted by Gasteiger charge is 2.34. The lowest BCUT2D eigenvalue weighted by Crippen LogP contribution is -2.44. The second-order valence-corrected chi connectivity index (χ2v) is 8.05. The summed E-state index contributed by atoms with van der Waals surface area (Å²) in [5, 5.41) is 10.7. The summed E-state index contributed by atoms with van der Waals surface area (Å²) in [5.41, 5.74) is -0.309. The summed E-state index contributed by atoms with van der Waals surface area (Å²) in [6.07, 6.45) is 0. The standard InChI is InChI=1S/C18H17ClN2O3S/c1-9-10(2)25-15-13(9)16(22)21(18(3,4)17(23)24)14(20-15)11-5-7-12(19)8-6-11/h5-8H,1-4H3,(H,23,24). The highest BCUT2D eigenvalue weighted by atomic mass is 35.5. The quantitative estimate of drug-likeness (QED) is 0.743. The van der Waals surface area contributed by atoms with E-state index in [1.807, 2.05) is 13.8 Å². The van der Waals surface area contributed by atoms with Gasteiger partial charge in [0.2, 0.25) is 0 Å². The van der Waals surface area contributed by atoms with E-state index in [9.17, 15) is 14.7 Å². The smallest absolute Gasteiger partial charge is 0.329 e. The van der Waals surface area contributed by atoms with Crippen molar-refractivity contribution in [1.29, 1.82) is 0 Å². The van der Waals surface area contributed by atoms with E-state index in [0.717, 1.165) is 10.4 Å². The lowest BCUT2D eigenvalue weighted by atomic mass is 10.0. The molecular formula is C18H17ClN2O3S. The van der Waals surface area contributed by atoms with Gasteiger partial charge in [-0.1, -0.05) is 11.6 Å². The number of hydrogen-bond acceptors (Lipinski definition) is 4. The van der Waals surface area contributed by atoms with E-state index < -0.39 is 11.5 Å². The molecule has 2 aromatic heterocycles. The van der Waals surface area contributed by atoms with Crippen molar-refractivity contribution in [2.24, 2.45) is 0 Å². The topological polar surface area (TPSA) is 72.2 Å². The number of aliphatic carboxylic acids is 1. The molecule has 0 spiro atoms. The van der Waals surface area contributed by atoms with E-state index in [-0.39, 0.29) is 5.56 Å². The molecule has 0 radical (unpaired) electrons. The van der Waals surface area contributed by atoms with Crippen LogP contribution in [-0.4, -0.2) is 20.6 Å². The van der Waals surface area contributed by atoms with Gasteiger partial charge in [-0.25, -0.2) is 9.78 Å². The average molecular weight is 377 g/mol.